The van der Waals surface area contributed by atoms with Gasteiger partial charge in [-0.05, 0) is 31.4 Å². The molecule has 1 unspecified atom stereocenters. The van der Waals surface area contributed by atoms with E-state index in [1.165, 1.54) is 0 Å². The number of aryl methyl sites for hydroxylation is 1. The van der Waals surface area contributed by atoms with E-state index in [9.17, 15) is 0 Å². The highest BCUT2D eigenvalue weighted by atomic mass is 35.5. The van der Waals surface area contributed by atoms with Gasteiger partial charge in [-0.2, -0.15) is 0 Å². The van der Waals surface area contributed by atoms with Crippen LogP contribution in [0.25, 0.3) is 11.4 Å². The molecule has 3 nitrogen and oxygen atoms in total. The quantitative estimate of drug-likeness (QED) is 0.845. The molecule has 1 aromatic carbocycles. The van der Waals surface area contributed by atoms with Crippen molar-refractivity contribution >= 4 is 11.6 Å². The average molecular weight is 279 g/mol. The first-order chi connectivity index (χ1) is 9.15. The molecule has 0 aliphatic heterocycles. The van der Waals surface area contributed by atoms with Crippen LogP contribution in [0.5, 0.6) is 5.75 Å². The molecule has 0 aliphatic carbocycles. The summed E-state index contributed by atoms with van der Waals surface area (Å²) < 4.78 is 5.37. The van der Waals surface area contributed by atoms with Gasteiger partial charge in [0.15, 0.2) is 0 Å². The van der Waals surface area contributed by atoms with Crippen LogP contribution in [0.4, 0.5) is 0 Å². The molecule has 0 radical (unpaired) electrons. The molecule has 102 valence electrons. The van der Waals surface area contributed by atoms with E-state index in [2.05, 4.69) is 16.9 Å². The number of alkyl halides is 1. The summed E-state index contributed by atoms with van der Waals surface area (Å²) in [5.41, 5.74) is 3.16. The molecule has 1 aromatic heterocycles. The molecule has 4 heteroatoms. The minimum atomic E-state index is 0.425. The number of benzene rings is 1. The fourth-order valence-corrected chi connectivity index (χ4v) is 2.16. The van der Waals surface area contributed by atoms with E-state index in [1.807, 2.05) is 31.2 Å². The summed E-state index contributed by atoms with van der Waals surface area (Å²) in [6.45, 7) is 4.17. The maximum absolute atomic E-state index is 5.87. The number of nitrogens with one attached hydrogen (secondary N) is 1. The number of hydrogen-bond donors (Lipinski definition) is 1. The topological polar surface area (TPSA) is 37.9 Å². The van der Waals surface area contributed by atoms with E-state index in [-0.39, 0.29) is 0 Å². The molecule has 1 atom stereocenters. The van der Waals surface area contributed by atoms with Crippen molar-refractivity contribution in [3.05, 3.63) is 35.7 Å². The van der Waals surface area contributed by atoms with Gasteiger partial charge in [0.25, 0.3) is 0 Å². The van der Waals surface area contributed by atoms with Gasteiger partial charge in [0, 0.05) is 11.6 Å². The maximum Gasteiger partial charge on any atom is 0.141 e. The van der Waals surface area contributed by atoms with Crippen molar-refractivity contribution in [3.8, 4) is 17.1 Å². The second-order valence-electron chi connectivity index (χ2n) is 4.82. The Morgan fingerprint density at radius 3 is 2.79 bits per heavy atom. The summed E-state index contributed by atoms with van der Waals surface area (Å²) in [5, 5.41) is 0. The number of halogens is 1. The summed E-state index contributed by atoms with van der Waals surface area (Å²) in [7, 11) is 1.67. The van der Waals surface area contributed by atoms with Crippen LogP contribution < -0.4 is 4.74 Å². The number of ether oxygens (including phenoxy) is 1. The monoisotopic (exact) mass is 278 g/mol. The van der Waals surface area contributed by atoms with Crippen molar-refractivity contribution in [2.45, 2.75) is 20.3 Å². The molecule has 19 heavy (non-hydrogen) atoms. The van der Waals surface area contributed by atoms with Crippen LogP contribution in [0.15, 0.2) is 24.3 Å². The Balaban J connectivity index is 2.33. The fourth-order valence-electron chi connectivity index (χ4n) is 2.05. The van der Waals surface area contributed by atoms with Crippen molar-refractivity contribution in [2.24, 2.45) is 5.92 Å². The van der Waals surface area contributed by atoms with Crippen LogP contribution >= 0.6 is 11.6 Å². The SMILES string of the molecule is COc1ccccc1-c1nc(CC(C)CCl)c(C)[nH]1. The lowest BCUT2D eigenvalue weighted by Crippen LogP contribution is -2.02. The highest BCUT2D eigenvalue weighted by Gasteiger charge is 2.13. The first-order valence-corrected chi connectivity index (χ1v) is 6.94. The van der Waals surface area contributed by atoms with E-state index in [4.69, 9.17) is 16.3 Å². The van der Waals surface area contributed by atoms with Gasteiger partial charge < -0.3 is 9.72 Å². The molecule has 0 amide bonds. The lowest BCUT2D eigenvalue weighted by molar-refractivity contribution is 0.416. The number of para-hydroxylation sites is 1. The van der Waals surface area contributed by atoms with E-state index in [1.54, 1.807) is 7.11 Å². The third kappa shape index (κ3) is 3.10. The zero-order valence-corrected chi connectivity index (χ0v) is 12.3. The second-order valence-corrected chi connectivity index (χ2v) is 5.13. The smallest absolute Gasteiger partial charge is 0.141 e. The van der Waals surface area contributed by atoms with E-state index in [0.717, 1.165) is 34.9 Å². The number of aromatic nitrogens is 2. The van der Waals surface area contributed by atoms with Gasteiger partial charge in [0.05, 0.1) is 18.4 Å². The van der Waals surface area contributed by atoms with Crippen LogP contribution in [-0.4, -0.2) is 23.0 Å². The summed E-state index contributed by atoms with van der Waals surface area (Å²) in [6, 6.07) is 7.88. The third-order valence-corrected chi connectivity index (χ3v) is 3.68. The van der Waals surface area contributed by atoms with Crippen molar-refractivity contribution in [2.75, 3.05) is 13.0 Å². The molecule has 2 rings (SSSR count). The first kappa shape index (κ1) is 13.9. The van der Waals surface area contributed by atoms with Crippen molar-refractivity contribution in [1.82, 2.24) is 9.97 Å². The number of H-pyrrole nitrogens is 1. The molecule has 0 saturated carbocycles. The molecule has 0 aliphatic rings. The average Bonchev–Trinajstić information content (AvgIpc) is 2.79. The van der Waals surface area contributed by atoms with Crippen LogP contribution in [0.2, 0.25) is 0 Å². The Bertz CT molecular complexity index is 551. The zero-order chi connectivity index (χ0) is 13.8. The summed E-state index contributed by atoms with van der Waals surface area (Å²) in [6.07, 6.45) is 0.890. The molecule has 2 aromatic rings. The Hall–Kier alpha value is -1.48. The Labute approximate surface area is 119 Å². The van der Waals surface area contributed by atoms with Crippen molar-refractivity contribution < 1.29 is 4.74 Å². The summed E-state index contributed by atoms with van der Waals surface area (Å²) >= 11 is 5.87. The number of hydrogen-bond acceptors (Lipinski definition) is 2. The standard InChI is InChI=1S/C15H19ClN2O/c1-10(9-16)8-13-11(2)17-15(18-13)12-6-4-5-7-14(12)19-3/h4-7,10H,8-9H2,1-3H3,(H,17,18). The molecule has 1 heterocycles. The normalized spacial score (nSPS) is 12.4. The minimum Gasteiger partial charge on any atom is -0.496 e. The number of methoxy groups -OCH3 is 1. The number of rotatable bonds is 5. The molecule has 0 spiro atoms. The fraction of sp³-hybridized carbons (Fsp3) is 0.400. The molecule has 0 fully saturated rings. The minimum absolute atomic E-state index is 0.425. The van der Waals surface area contributed by atoms with Crippen LogP contribution in [-0.2, 0) is 6.42 Å². The van der Waals surface area contributed by atoms with Crippen LogP contribution in [0.3, 0.4) is 0 Å². The number of aromatic amines is 1. The largest absolute Gasteiger partial charge is 0.496 e. The third-order valence-electron chi connectivity index (χ3n) is 3.15. The van der Waals surface area contributed by atoms with E-state index < -0.39 is 0 Å². The second kappa shape index (κ2) is 6.11. The van der Waals surface area contributed by atoms with Crippen LogP contribution in [0, 0.1) is 12.8 Å². The van der Waals surface area contributed by atoms with Gasteiger partial charge in [0.2, 0.25) is 0 Å². The van der Waals surface area contributed by atoms with Gasteiger partial charge in [-0.1, -0.05) is 19.1 Å². The highest BCUT2D eigenvalue weighted by molar-refractivity contribution is 6.18. The molecule has 0 bridgehead atoms. The predicted octanol–water partition coefficient (Wildman–Crippen LogP) is 3.81. The summed E-state index contributed by atoms with van der Waals surface area (Å²) in [5.74, 6) is 2.75. The van der Waals surface area contributed by atoms with Gasteiger partial charge in [-0.25, -0.2) is 4.98 Å². The van der Waals surface area contributed by atoms with Crippen LogP contribution in [0.1, 0.15) is 18.3 Å². The van der Waals surface area contributed by atoms with Crippen molar-refractivity contribution in [1.29, 1.82) is 0 Å². The lowest BCUT2D eigenvalue weighted by atomic mass is 10.1. The van der Waals surface area contributed by atoms with Gasteiger partial charge in [0.1, 0.15) is 11.6 Å². The van der Waals surface area contributed by atoms with E-state index in [0.29, 0.717) is 11.8 Å². The maximum atomic E-state index is 5.87. The van der Waals surface area contributed by atoms with Gasteiger partial charge in [-0.3, -0.25) is 0 Å². The van der Waals surface area contributed by atoms with Gasteiger partial charge >= 0.3 is 0 Å². The Morgan fingerprint density at radius 1 is 1.37 bits per heavy atom. The number of imidazole rings is 1. The number of nitrogens with zero attached hydrogens (tertiary/aromatic N) is 1. The first-order valence-electron chi connectivity index (χ1n) is 6.40. The lowest BCUT2D eigenvalue weighted by Gasteiger charge is -2.05. The molecular weight excluding hydrogens is 260 g/mol. The Kier molecular flexibility index (Phi) is 4.48. The molecule has 0 saturated heterocycles. The Morgan fingerprint density at radius 2 is 2.11 bits per heavy atom. The predicted molar refractivity (Wildman–Crippen MR) is 78.9 cm³/mol. The highest BCUT2D eigenvalue weighted by Crippen LogP contribution is 2.28. The molecular formula is C15H19ClN2O. The van der Waals surface area contributed by atoms with Gasteiger partial charge in [-0.15, -0.1) is 11.6 Å². The van der Waals surface area contributed by atoms with Crippen molar-refractivity contribution in [3.63, 3.8) is 0 Å². The zero-order valence-electron chi connectivity index (χ0n) is 11.5. The summed E-state index contributed by atoms with van der Waals surface area (Å²) in [4.78, 5) is 8.01. The molecule has 1 N–H and O–H groups in total. The van der Waals surface area contributed by atoms with E-state index >= 15 is 0 Å².